The topological polar surface area (TPSA) is 26.3 Å². The molecule has 0 amide bonds. The van der Waals surface area contributed by atoms with Crippen LogP contribution in [0.4, 0.5) is 0 Å². The smallest absolute Gasteiger partial charge is 0.339 e. The molecule has 3 aliphatic rings. The van der Waals surface area contributed by atoms with Gasteiger partial charge in [0, 0.05) is 0 Å². The molecule has 2 bridgehead atoms. The maximum atomic E-state index is 12.9. The van der Waals surface area contributed by atoms with Crippen LogP contribution < -0.4 is 0 Å². The van der Waals surface area contributed by atoms with Gasteiger partial charge in [0.15, 0.2) is 0 Å². The first kappa shape index (κ1) is 16.1. The number of rotatable bonds is 3. The van der Waals surface area contributed by atoms with Gasteiger partial charge in [0.1, 0.15) is 5.60 Å². The second-order valence-electron chi connectivity index (χ2n) is 8.68. The number of allylic oxidation sites excluding steroid dienone is 2. The van der Waals surface area contributed by atoms with E-state index in [9.17, 15) is 4.79 Å². The monoisotopic (exact) mass is 346 g/mol. The van der Waals surface area contributed by atoms with E-state index in [-0.39, 0.29) is 11.6 Å². The van der Waals surface area contributed by atoms with Crippen molar-refractivity contribution in [2.24, 2.45) is 11.8 Å². The van der Waals surface area contributed by atoms with Crippen LogP contribution in [0.15, 0.2) is 48.6 Å². The molecule has 134 valence electrons. The maximum Gasteiger partial charge on any atom is 0.339 e. The van der Waals surface area contributed by atoms with E-state index < -0.39 is 0 Å². The molecule has 0 spiro atoms. The lowest BCUT2D eigenvalue weighted by Gasteiger charge is -2.25. The molecule has 3 atom stereocenters. The van der Waals surface area contributed by atoms with Gasteiger partial charge in [-0.3, -0.25) is 0 Å². The third-order valence-electron chi connectivity index (χ3n) is 6.85. The molecule has 0 aromatic heterocycles. The zero-order chi connectivity index (χ0) is 17.7. The molecule has 0 saturated heterocycles. The standard InChI is InChI=1S/C24H26O2/c1-24(12-2-3-13-24)26-23(25)21-9-5-6-18-19(21)7-4-8-20(18)22-15-16-10-11-17(22)14-16/h4-11,16-17,22H,2-3,12-15H2,1H3. The van der Waals surface area contributed by atoms with Crippen molar-refractivity contribution in [1.82, 2.24) is 0 Å². The van der Waals surface area contributed by atoms with Crippen molar-refractivity contribution in [3.8, 4) is 0 Å². The van der Waals surface area contributed by atoms with Crippen LogP contribution in [0.2, 0.25) is 0 Å². The lowest BCUT2D eigenvalue weighted by Crippen LogP contribution is -2.28. The molecule has 0 aliphatic heterocycles. The lowest BCUT2D eigenvalue weighted by molar-refractivity contribution is -0.00586. The molecule has 2 fully saturated rings. The minimum absolute atomic E-state index is 0.162. The van der Waals surface area contributed by atoms with Crippen molar-refractivity contribution < 1.29 is 9.53 Å². The summed E-state index contributed by atoms with van der Waals surface area (Å²) in [6.07, 6.45) is 11.6. The molecule has 3 aliphatic carbocycles. The van der Waals surface area contributed by atoms with Crippen LogP contribution >= 0.6 is 0 Å². The van der Waals surface area contributed by atoms with Gasteiger partial charge in [0.2, 0.25) is 0 Å². The molecule has 0 N–H and O–H groups in total. The summed E-state index contributed by atoms with van der Waals surface area (Å²) >= 11 is 0. The van der Waals surface area contributed by atoms with Gasteiger partial charge < -0.3 is 4.74 Å². The predicted octanol–water partition coefficient (Wildman–Crippen LogP) is 6.01. The average molecular weight is 346 g/mol. The average Bonchev–Trinajstić information content (AvgIpc) is 3.37. The molecular formula is C24H26O2. The molecule has 3 unspecified atom stereocenters. The summed E-state index contributed by atoms with van der Waals surface area (Å²) in [5.74, 6) is 1.84. The van der Waals surface area contributed by atoms with Gasteiger partial charge in [-0.2, -0.15) is 0 Å². The largest absolute Gasteiger partial charge is 0.456 e. The minimum Gasteiger partial charge on any atom is -0.456 e. The summed E-state index contributed by atoms with van der Waals surface area (Å²) in [5, 5.41) is 2.27. The van der Waals surface area contributed by atoms with Crippen molar-refractivity contribution >= 4 is 16.7 Å². The fraction of sp³-hybridized carbons (Fsp3) is 0.458. The number of carbonyl (C=O) groups excluding carboxylic acids is 1. The number of carbonyl (C=O) groups is 1. The second-order valence-corrected chi connectivity index (χ2v) is 8.68. The van der Waals surface area contributed by atoms with Gasteiger partial charge in [-0.25, -0.2) is 4.79 Å². The van der Waals surface area contributed by atoms with Gasteiger partial charge in [-0.1, -0.05) is 42.5 Å². The Hall–Kier alpha value is -2.09. The van der Waals surface area contributed by atoms with Gasteiger partial charge in [-0.05, 0) is 85.6 Å². The van der Waals surface area contributed by atoms with Gasteiger partial charge >= 0.3 is 5.97 Å². The van der Waals surface area contributed by atoms with Gasteiger partial charge in [0.05, 0.1) is 5.56 Å². The van der Waals surface area contributed by atoms with Crippen LogP contribution in [-0.4, -0.2) is 11.6 Å². The van der Waals surface area contributed by atoms with E-state index in [1.54, 1.807) is 0 Å². The fourth-order valence-electron chi connectivity index (χ4n) is 5.48. The quantitative estimate of drug-likeness (QED) is 0.502. The van der Waals surface area contributed by atoms with Crippen molar-refractivity contribution in [2.75, 3.05) is 0 Å². The number of ether oxygens (including phenoxy) is 1. The van der Waals surface area contributed by atoms with E-state index in [0.717, 1.165) is 42.6 Å². The molecule has 5 rings (SSSR count). The Kier molecular flexibility index (Phi) is 3.70. The Morgan fingerprint density at radius 3 is 2.50 bits per heavy atom. The predicted molar refractivity (Wildman–Crippen MR) is 104 cm³/mol. The Labute approximate surface area is 155 Å². The van der Waals surface area contributed by atoms with Crippen LogP contribution in [0.5, 0.6) is 0 Å². The summed E-state index contributed by atoms with van der Waals surface area (Å²) in [4.78, 5) is 12.9. The zero-order valence-corrected chi connectivity index (χ0v) is 15.4. The van der Waals surface area contributed by atoms with Crippen molar-refractivity contribution in [2.45, 2.75) is 57.0 Å². The van der Waals surface area contributed by atoms with E-state index in [2.05, 4.69) is 43.3 Å². The zero-order valence-electron chi connectivity index (χ0n) is 15.4. The summed E-state index contributed by atoms with van der Waals surface area (Å²) < 4.78 is 5.96. The van der Waals surface area contributed by atoms with E-state index in [0.29, 0.717) is 11.8 Å². The first-order valence-corrected chi connectivity index (χ1v) is 10.1. The number of benzene rings is 2. The molecular weight excluding hydrogens is 320 g/mol. The van der Waals surface area contributed by atoms with E-state index >= 15 is 0 Å². The van der Waals surface area contributed by atoms with Crippen LogP contribution in [0.1, 0.15) is 67.3 Å². The summed E-state index contributed by atoms with van der Waals surface area (Å²) in [6.45, 7) is 2.08. The molecule has 2 saturated carbocycles. The Bertz CT molecular complexity index is 888. The molecule has 2 heteroatoms. The van der Waals surface area contributed by atoms with Crippen molar-refractivity contribution in [3.63, 3.8) is 0 Å². The summed E-state index contributed by atoms with van der Waals surface area (Å²) in [7, 11) is 0. The molecule has 26 heavy (non-hydrogen) atoms. The Balaban J connectivity index is 1.52. The maximum absolute atomic E-state index is 12.9. The minimum atomic E-state index is -0.285. The first-order chi connectivity index (χ1) is 12.6. The Morgan fingerprint density at radius 1 is 1.00 bits per heavy atom. The molecule has 2 aromatic rings. The van der Waals surface area contributed by atoms with E-state index in [4.69, 9.17) is 4.74 Å². The van der Waals surface area contributed by atoms with Crippen LogP contribution in [-0.2, 0) is 4.74 Å². The number of fused-ring (bicyclic) bond motifs is 3. The van der Waals surface area contributed by atoms with Crippen LogP contribution in [0, 0.1) is 11.8 Å². The third kappa shape index (κ3) is 2.58. The van der Waals surface area contributed by atoms with Gasteiger partial charge in [0.25, 0.3) is 0 Å². The summed E-state index contributed by atoms with van der Waals surface area (Å²) in [6, 6.07) is 12.6. The van der Waals surface area contributed by atoms with E-state index in [1.165, 1.54) is 23.8 Å². The lowest BCUT2D eigenvalue weighted by atomic mass is 9.83. The highest BCUT2D eigenvalue weighted by Gasteiger charge is 2.37. The molecule has 0 radical (unpaired) electrons. The van der Waals surface area contributed by atoms with Crippen molar-refractivity contribution in [1.29, 1.82) is 0 Å². The van der Waals surface area contributed by atoms with Crippen LogP contribution in [0.3, 0.4) is 0 Å². The summed E-state index contributed by atoms with van der Waals surface area (Å²) in [5.41, 5.74) is 1.84. The highest BCUT2D eigenvalue weighted by Crippen LogP contribution is 2.50. The molecule has 2 nitrogen and oxygen atoms in total. The SMILES string of the molecule is CC1(OC(=O)c2cccc3c(C4CC5C=CC4C5)cccc23)CCCC1. The third-order valence-corrected chi connectivity index (χ3v) is 6.85. The normalized spacial score (nSPS) is 28.7. The number of hydrogen-bond donors (Lipinski definition) is 0. The van der Waals surface area contributed by atoms with E-state index in [1.807, 2.05) is 12.1 Å². The number of hydrogen-bond acceptors (Lipinski definition) is 2. The van der Waals surface area contributed by atoms with Crippen LogP contribution in [0.25, 0.3) is 10.8 Å². The van der Waals surface area contributed by atoms with Gasteiger partial charge in [-0.15, -0.1) is 0 Å². The highest BCUT2D eigenvalue weighted by atomic mass is 16.6. The second kappa shape index (κ2) is 5.97. The molecule has 2 aromatic carbocycles. The van der Waals surface area contributed by atoms with Crippen molar-refractivity contribution in [3.05, 3.63) is 59.7 Å². The Morgan fingerprint density at radius 2 is 1.77 bits per heavy atom. The highest BCUT2D eigenvalue weighted by molar-refractivity contribution is 6.05. The first-order valence-electron chi connectivity index (χ1n) is 10.1. The fourth-order valence-corrected chi connectivity index (χ4v) is 5.48. The molecule has 0 heterocycles. The number of esters is 1.